The highest BCUT2D eigenvalue weighted by molar-refractivity contribution is 9.10. The second kappa shape index (κ2) is 6.62. The Hall–Kier alpha value is -1.33. The Bertz CT molecular complexity index is 679. The second-order valence-electron chi connectivity index (χ2n) is 4.69. The van der Waals surface area contributed by atoms with E-state index in [-0.39, 0.29) is 5.97 Å². The molecule has 0 bridgehead atoms. The van der Waals surface area contributed by atoms with Gasteiger partial charge in [-0.1, -0.05) is 28.9 Å². The highest BCUT2D eigenvalue weighted by Gasteiger charge is 2.22. The first kappa shape index (κ1) is 16.0. The van der Waals surface area contributed by atoms with Crippen LogP contribution in [0.4, 0.5) is 5.69 Å². The van der Waals surface area contributed by atoms with Crippen molar-refractivity contribution < 1.29 is 9.53 Å². The standard InChI is InChI=1S/C16H18BrNO2S/c1-4-11-13(18)15(16(19)20-5-2)21-14(11)12-8-10(17)7-6-9(12)3/h6-8H,4-5,18H2,1-3H3. The van der Waals surface area contributed by atoms with Gasteiger partial charge in [0.05, 0.1) is 12.3 Å². The van der Waals surface area contributed by atoms with Gasteiger partial charge in [-0.3, -0.25) is 0 Å². The average molecular weight is 368 g/mol. The van der Waals surface area contributed by atoms with Gasteiger partial charge < -0.3 is 10.5 Å². The molecule has 0 unspecified atom stereocenters. The fourth-order valence-corrected chi connectivity index (χ4v) is 3.88. The molecule has 5 heteroatoms. The maximum atomic E-state index is 12.0. The Morgan fingerprint density at radius 3 is 2.71 bits per heavy atom. The molecule has 2 N–H and O–H groups in total. The summed E-state index contributed by atoms with van der Waals surface area (Å²) >= 11 is 4.92. The van der Waals surface area contributed by atoms with Crippen molar-refractivity contribution in [1.82, 2.24) is 0 Å². The Kier molecular flexibility index (Phi) is 5.06. The minimum Gasteiger partial charge on any atom is -0.462 e. The first-order valence-corrected chi connectivity index (χ1v) is 8.45. The van der Waals surface area contributed by atoms with Crippen molar-refractivity contribution in [2.75, 3.05) is 12.3 Å². The van der Waals surface area contributed by atoms with Gasteiger partial charge in [0, 0.05) is 9.35 Å². The number of esters is 1. The largest absolute Gasteiger partial charge is 0.462 e. The summed E-state index contributed by atoms with van der Waals surface area (Å²) < 4.78 is 6.10. The smallest absolute Gasteiger partial charge is 0.350 e. The molecule has 0 radical (unpaired) electrons. The van der Waals surface area contributed by atoms with E-state index in [1.807, 2.05) is 13.0 Å². The third kappa shape index (κ3) is 3.14. The lowest BCUT2D eigenvalue weighted by molar-refractivity contribution is 0.0533. The van der Waals surface area contributed by atoms with E-state index in [0.29, 0.717) is 17.2 Å². The van der Waals surface area contributed by atoms with E-state index in [4.69, 9.17) is 10.5 Å². The third-order valence-corrected chi connectivity index (χ3v) is 5.06. The SMILES string of the molecule is CCOC(=O)c1sc(-c2cc(Br)ccc2C)c(CC)c1N. The summed E-state index contributed by atoms with van der Waals surface area (Å²) in [6, 6.07) is 6.13. The van der Waals surface area contributed by atoms with Crippen LogP contribution < -0.4 is 5.73 Å². The first-order chi connectivity index (χ1) is 9.99. The number of carbonyl (C=O) groups is 1. The molecule has 0 saturated carbocycles. The van der Waals surface area contributed by atoms with Gasteiger partial charge in [-0.15, -0.1) is 11.3 Å². The quantitative estimate of drug-likeness (QED) is 0.788. The number of hydrogen-bond donors (Lipinski definition) is 1. The van der Waals surface area contributed by atoms with Crippen LogP contribution in [0, 0.1) is 6.92 Å². The van der Waals surface area contributed by atoms with Crippen molar-refractivity contribution in [2.24, 2.45) is 0 Å². The number of hydrogen-bond acceptors (Lipinski definition) is 4. The molecule has 0 spiro atoms. The number of rotatable bonds is 4. The monoisotopic (exact) mass is 367 g/mol. The topological polar surface area (TPSA) is 52.3 Å². The molecule has 0 fully saturated rings. The zero-order valence-electron chi connectivity index (χ0n) is 12.3. The van der Waals surface area contributed by atoms with E-state index in [9.17, 15) is 4.79 Å². The summed E-state index contributed by atoms with van der Waals surface area (Å²) in [7, 11) is 0. The molecule has 1 aromatic carbocycles. The van der Waals surface area contributed by atoms with Crippen molar-refractivity contribution in [2.45, 2.75) is 27.2 Å². The molecule has 3 nitrogen and oxygen atoms in total. The van der Waals surface area contributed by atoms with Gasteiger partial charge in [0.15, 0.2) is 0 Å². The molecule has 1 heterocycles. The fraction of sp³-hybridized carbons (Fsp3) is 0.312. The molecule has 112 valence electrons. The van der Waals surface area contributed by atoms with Crippen LogP contribution in [-0.4, -0.2) is 12.6 Å². The molecule has 21 heavy (non-hydrogen) atoms. The molecule has 0 aliphatic heterocycles. The van der Waals surface area contributed by atoms with Gasteiger partial charge in [-0.05, 0) is 49.1 Å². The number of halogens is 1. The maximum absolute atomic E-state index is 12.0. The van der Waals surface area contributed by atoms with Crippen LogP contribution in [-0.2, 0) is 11.2 Å². The van der Waals surface area contributed by atoms with Crippen LogP contribution in [0.25, 0.3) is 10.4 Å². The molecule has 0 amide bonds. The van der Waals surface area contributed by atoms with Gasteiger partial charge in [0.25, 0.3) is 0 Å². The normalized spacial score (nSPS) is 10.7. The van der Waals surface area contributed by atoms with Crippen LogP contribution in [0.3, 0.4) is 0 Å². The van der Waals surface area contributed by atoms with E-state index >= 15 is 0 Å². The molecule has 0 saturated heterocycles. The summed E-state index contributed by atoms with van der Waals surface area (Å²) in [4.78, 5) is 13.6. The third-order valence-electron chi connectivity index (χ3n) is 3.31. The van der Waals surface area contributed by atoms with Gasteiger partial charge in [0.1, 0.15) is 4.88 Å². The lowest BCUT2D eigenvalue weighted by Crippen LogP contribution is -2.05. The zero-order chi connectivity index (χ0) is 15.6. The molecule has 0 aliphatic rings. The Morgan fingerprint density at radius 1 is 1.38 bits per heavy atom. The van der Waals surface area contributed by atoms with Crippen molar-refractivity contribution in [3.05, 3.63) is 38.7 Å². The predicted octanol–water partition coefficient (Wildman–Crippen LogP) is 4.81. The maximum Gasteiger partial charge on any atom is 0.350 e. The Morgan fingerprint density at radius 2 is 2.10 bits per heavy atom. The lowest BCUT2D eigenvalue weighted by atomic mass is 10.0. The van der Waals surface area contributed by atoms with Crippen molar-refractivity contribution >= 4 is 38.9 Å². The number of anilines is 1. The van der Waals surface area contributed by atoms with Crippen LogP contribution in [0.15, 0.2) is 22.7 Å². The second-order valence-corrected chi connectivity index (χ2v) is 6.62. The molecule has 2 rings (SSSR count). The lowest BCUT2D eigenvalue weighted by Gasteiger charge is -2.07. The Labute approximate surface area is 137 Å². The van der Waals surface area contributed by atoms with Gasteiger partial charge >= 0.3 is 5.97 Å². The van der Waals surface area contributed by atoms with Gasteiger partial charge in [-0.2, -0.15) is 0 Å². The summed E-state index contributed by atoms with van der Waals surface area (Å²) in [6.45, 7) is 6.25. The summed E-state index contributed by atoms with van der Waals surface area (Å²) in [5, 5.41) is 0. The molecule has 0 aliphatic carbocycles. The van der Waals surface area contributed by atoms with Gasteiger partial charge in [-0.25, -0.2) is 4.79 Å². The van der Waals surface area contributed by atoms with Crippen molar-refractivity contribution in [3.63, 3.8) is 0 Å². The van der Waals surface area contributed by atoms with Crippen LogP contribution in [0.2, 0.25) is 0 Å². The van der Waals surface area contributed by atoms with Crippen LogP contribution >= 0.6 is 27.3 Å². The average Bonchev–Trinajstić information content (AvgIpc) is 2.78. The fourth-order valence-electron chi connectivity index (χ4n) is 2.23. The van der Waals surface area contributed by atoms with Crippen molar-refractivity contribution in [3.8, 4) is 10.4 Å². The van der Waals surface area contributed by atoms with Crippen LogP contribution in [0.5, 0.6) is 0 Å². The summed E-state index contributed by atoms with van der Waals surface area (Å²) in [6.07, 6.45) is 0.781. The molecule has 0 atom stereocenters. The highest BCUT2D eigenvalue weighted by Crippen LogP contribution is 2.41. The number of nitrogen functional groups attached to an aromatic ring is 1. The molecular formula is C16H18BrNO2S. The summed E-state index contributed by atoms with van der Waals surface area (Å²) in [5.74, 6) is -0.339. The number of carbonyl (C=O) groups excluding carboxylic acids is 1. The van der Waals surface area contributed by atoms with Crippen LogP contribution in [0.1, 0.15) is 34.6 Å². The van der Waals surface area contributed by atoms with E-state index in [1.54, 1.807) is 6.92 Å². The van der Waals surface area contributed by atoms with E-state index in [2.05, 4.69) is 35.0 Å². The van der Waals surface area contributed by atoms with E-state index < -0.39 is 0 Å². The minimum absolute atomic E-state index is 0.339. The number of thiophene rings is 1. The molecule has 2 aromatic rings. The van der Waals surface area contributed by atoms with Gasteiger partial charge in [0.2, 0.25) is 0 Å². The first-order valence-electron chi connectivity index (χ1n) is 6.84. The van der Waals surface area contributed by atoms with Crippen molar-refractivity contribution in [1.29, 1.82) is 0 Å². The molecule has 1 aromatic heterocycles. The Balaban J connectivity index is 2.61. The number of benzene rings is 1. The van der Waals surface area contributed by atoms with E-state index in [0.717, 1.165) is 32.5 Å². The minimum atomic E-state index is -0.339. The van der Waals surface area contributed by atoms with E-state index in [1.165, 1.54) is 11.3 Å². The molecular weight excluding hydrogens is 350 g/mol. The predicted molar refractivity (Wildman–Crippen MR) is 91.9 cm³/mol. The number of nitrogens with two attached hydrogens (primary N) is 1. The zero-order valence-corrected chi connectivity index (χ0v) is 14.7. The number of aryl methyl sites for hydroxylation is 1. The number of ether oxygens (including phenoxy) is 1. The highest BCUT2D eigenvalue weighted by atomic mass is 79.9. The summed E-state index contributed by atoms with van der Waals surface area (Å²) in [5.41, 5.74) is 10.0.